The van der Waals surface area contributed by atoms with Crippen LogP contribution in [0.5, 0.6) is 0 Å². The quantitative estimate of drug-likeness (QED) is 0.495. The first kappa shape index (κ1) is 11.0. The van der Waals surface area contributed by atoms with Gasteiger partial charge in [0.2, 0.25) is 0 Å². The lowest BCUT2D eigenvalue weighted by atomic mass is 10.3. The molecule has 0 aliphatic heterocycles. The molecule has 0 nitrogen and oxygen atoms in total. The third-order valence-corrected chi connectivity index (χ3v) is 2.22. The van der Waals surface area contributed by atoms with E-state index in [-0.39, 0.29) is 7.43 Å². The van der Waals surface area contributed by atoms with E-state index in [1.165, 1.54) is 18.3 Å². The van der Waals surface area contributed by atoms with Gasteiger partial charge in [-0.05, 0) is 24.2 Å². The lowest BCUT2D eigenvalue weighted by Gasteiger charge is -1.80. The highest BCUT2D eigenvalue weighted by Crippen LogP contribution is 2.51. The first-order valence-corrected chi connectivity index (χ1v) is 4.70. The Morgan fingerprint density at radius 1 is 1.00 bits per heavy atom. The van der Waals surface area contributed by atoms with Crippen molar-refractivity contribution in [2.75, 3.05) is 0 Å². The van der Waals surface area contributed by atoms with E-state index in [9.17, 15) is 0 Å². The van der Waals surface area contributed by atoms with Crippen LogP contribution >= 0.6 is 0 Å². The number of fused-ring (bicyclic) bond motifs is 1. The van der Waals surface area contributed by atoms with E-state index in [1.54, 1.807) is 19.3 Å². The summed E-state index contributed by atoms with van der Waals surface area (Å²) in [4.78, 5) is 0. The molecule has 2 aliphatic carbocycles. The SMILES string of the molecule is C.C1CC2CC2C1.CC(C)C. The van der Waals surface area contributed by atoms with Crippen LogP contribution in [0.25, 0.3) is 0 Å². The average molecular weight is 156 g/mol. The zero-order valence-electron chi connectivity index (χ0n) is 7.56. The molecule has 2 aliphatic rings. The van der Waals surface area contributed by atoms with E-state index in [1.807, 2.05) is 0 Å². The van der Waals surface area contributed by atoms with E-state index in [4.69, 9.17) is 0 Å². The molecule has 0 aromatic rings. The smallest absolute Gasteiger partial charge is 0.0383 e. The van der Waals surface area contributed by atoms with Gasteiger partial charge in [-0.2, -0.15) is 0 Å². The fourth-order valence-corrected chi connectivity index (χ4v) is 1.66. The monoisotopic (exact) mass is 156 g/mol. The van der Waals surface area contributed by atoms with Crippen molar-refractivity contribution in [1.29, 1.82) is 0 Å². The van der Waals surface area contributed by atoms with Crippen LogP contribution in [0.15, 0.2) is 0 Å². The molecule has 0 aromatic carbocycles. The zero-order valence-corrected chi connectivity index (χ0v) is 7.56. The van der Waals surface area contributed by atoms with Crippen LogP contribution in [0.4, 0.5) is 0 Å². The predicted molar refractivity (Wildman–Crippen MR) is 52.7 cm³/mol. The molecule has 0 bridgehead atoms. The highest BCUT2D eigenvalue weighted by Gasteiger charge is 2.40. The predicted octanol–water partition coefficient (Wildman–Crippen LogP) is 4.10. The molecule has 0 N–H and O–H groups in total. The summed E-state index contributed by atoms with van der Waals surface area (Å²) in [6.45, 7) is 6.50. The van der Waals surface area contributed by atoms with Gasteiger partial charge < -0.3 is 0 Å². The Bertz CT molecular complexity index is 83.5. The first-order chi connectivity index (χ1) is 4.70. The first-order valence-electron chi connectivity index (χ1n) is 4.70. The number of rotatable bonds is 0. The standard InChI is InChI=1S/C6H10.C4H10.CH4/c1-2-5-4-6(5)3-1;1-4(2)3;/h5-6H,1-4H2;4H,1-3H3;1H4. The molecule has 2 saturated carbocycles. The molecule has 2 fully saturated rings. The van der Waals surface area contributed by atoms with Crippen LogP contribution < -0.4 is 0 Å². The highest BCUT2D eigenvalue weighted by atomic mass is 14.5. The maximum Gasteiger partial charge on any atom is -0.0383 e. The normalized spacial score (nSPS) is 31.6. The van der Waals surface area contributed by atoms with Crippen molar-refractivity contribution < 1.29 is 0 Å². The Labute approximate surface area is 72.4 Å². The minimum absolute atomic E-state index is 0. The summed E-state index contributed by atoms with van der Waals surface area (Å²) >= 11 is 0. The number of hydrogen-bond donors (Lipinski definition) is 0. The molecule has 0 aromatic heterocycles. The highest BCUT2D eigenvalue weighted by molar-refractivity contribution is 4.91. The summed E-state index contributed by atoms with van der Waals surface area (Å²) < 4.78 is 0. The van der Waals surface area contributed by atoms with Gasteiger partial charge in [-0.15, -0.1) is 0 Å². The van der Waals surface area contributed by atoms with Gasteiger partial charge in [0, 0.05) is 0 Å². The van der Waals surface area contributed by atoms with Crippen molar-refractivity contribution >= 4 is 0 Å². The van der Waals surface area contributed by atoms with Gasteiger partial charge >= 0.3 is 0 Å². The van der Waals surface area contributed by atoms with Crippen molar-refractivity contribution in [2.24, 2.45) is 17.8 Å². The van der Waals surface area contributed by atoms with Crippen molar-refractivity contribution in [1.82, 2.24) is 0 Å². The summed E-state index contributed by atoms with van der Waals surface area (Å²) in [5.41, 5.74) is 0. The van der Waals surface area contributed by atoms with Gasteiger partial charge in [0.15, 0.2) is 0 Å². The van der Waals surface area contributed by atoms with Crippen LogP contribution in [0, 0.1) is 17.8 Å². The summed E-state index contributed by atoms with van der Waals surface area (Å²) in [7, 11) is 0. The second-order valence-electron chi connectivity index (χ2n) is 4.42. The minimum Gasteiger partial charge on any atom is -0.0776 e. The van der Waals surface area contributed by atoms with E-state index >= 15 is 0 Å². The summed E-state index contributed by atoms with van der Waals surface area (Å²) in [6, 6.07) is 0. The van der Waals surface area contributed by atoms with Crippen molar-refractivity contribution in [3.63, 3.8) is 0 Å². The topological polar surface area (TPSA) is 0 Å². The largest absolute Gasteiger partial charge is 0.0776 e. The Kier molecular flexibility index (Phi) is 4.79. The molecule has 0 radical (unpaired) electrons. The van der Waals surface area contributed by atoms with Crippen LogP contribution in [-0.2, 0) is 0 Å². The van der Waals surface area contributed by atoms with Crippen LogP contribution in [-0.4, -0.2) is 0 Å². The Morgan fingerprint density at radius 3 is 1.45 bits per heavy atom. The molecule has 2 unspecified atom stereocenters. The molecular formula is C11H24. The van der Waals surface area contributed by atoms with Gasteiger partial charge in [-0.1, -0.05) is 47.5 Å². The second kappa shape index (κ2) is 4.79. The molecule has 0 amide bonds. The maximum absolute atomic E-state index is 2.17. The van der Waals surface area contributed by atoms with E-state index in [0.29, 0.717) is 0 Å². The number of hydrogen-bond acceptors (Lipinski definition) is 0. The van der Waals surface area contributed by atoms with Gasteiger partial charge in [0.05, 0.1) is 0 Å². The summed E-state index contributed by atoms with van der Waals surface area (Å²) in [5, 5.41) is 0. The molecule has 0 heterocycles. The molecule has 0 spiro atoms. The maximum atomic E-state index is 2.17. The van der Waals surface area contributed by atoms with Gasteiger partial charge in [-0.3, -0.25) is 0 Å². The van der Waals surface area contributed by atoms with Gasteiger partial charge in [0.25, 0.3) is 0 Å². The molecule has 0 saturated heterocycles. The van der Waals surface area contributed by atoms with Crippen molar-refractivity contribution in [3.05, 3.63) is 0 Å². The summed E-state index contributed by atoms with van der Waals surface area (Å²) in [6.07, 6.45) is 6.24. The van der Waals surface area contributed by atoms with E-state index in [2.05, 4.69) is 20.8 Å². The van der Waals surface area contributed by atoms with Gasteiger partial charge in [0.1, 0.15) is 0 Å². The third-order valence-electron chi connectivity index (χ3n) is 2.22. The van der Waals surface area contributed by atoms with Crippen molar-refractivity contribution in [3.8, 4) is 0 Å². The Hall–Kier alpha value is 0. The molecule has 0 heteroatoms. The lowest BCUT2D eigenvalue weighted by Crippen LogP contribution is -1.66. The van der Waals surface area contributed by atoms with Gasteiger partial charge in [-0.25, -0.2) is 0 Å². The fraction of sp³-hybridized carbons (Fsp3) is 1.00. The molecule has 2 atom stereocenters. The second-order valence-corrected chi connectivity index (χ2v) is 4.42. The molecular weight excluding hydrogens is 132 g/mol. The van der Waals surface area contributed by atoms with Crippen LogP contribution in [0.3, 0.4) is 0 Å². The van der Waals surface area contributed by atoms with E-state index < -0.39 is 0 Å². The van der Waals surface area contributed by atoms with Crippen LogP contribution in [0.1, 0.15) is 53.9 Å². The zero-order chi connectivity index (χ0) is 7.56. The molecule has 2 rings (SSSR count). The van der Waals surface area contributed by atoms with E-state index in [0.717, 1.165) is 5.92 Å². The Balaban J connectivity index is 0.000000183. The van der Waals surface area contributed by atoms with Crippen LogP contribution in [0.2, 0.25) is 0 Å². The van der Waals surface area contributed by atoms with Crippen molar-refractivity contribution in [2.45, 2.75) is 53.9 Å². The Morgan fingerprint density at radius 2 is 1.36 bits per heavy atom. The molecule has 68 valence electrons. The fourth-order valence-electron chi connectivity index (χ4n) is 1.66. The minimum atomic E-state index is 0. The third kappa shape index (κ3) is 4.44. The lowest BCUT2D eigenvalue weighted by molar-refractivity contribution is 0.735. The molecule has 11 heavy (non-hydrogen) atoms. The summed E-state index contributed by atoms with van der Waals surface area (Å²) in [5.74, 6) is 3.26. The average Bonchev–Trinajstić information content (AvgIpc) is 2.40.